The first kappa shape index (κ1) is 37.6. The van der Waals surface area contributed by atoms with Gasteiger partial charge in [-0.2, -0.15) is 0 Å². The predicted octanol–water partition coefficient (Wildman–Crippen LogP) is 15.9. The summed E-state index contributed by atoms with van der Waals surface area (Å²) in [6.07, 6.45) is 10.9. The maximum Gasteiger partial charge on any atom is 0.0725 e. The molecule has 9 aromatic rings. The molecule has 12 rings (SSSR count). The van der Waals surface area contributed by atoms with Gasteiger partial charge in [-0.05, 0) is 103 Å². The topological polar surface area (TPSA) is 4.93 Å². The molecule has 0 aliphatic heterocycles. The third kappa shape index (κ3) is 5.76. The molecule has 0 unspecified atom stereocenters. The second-order valence-corrected chi connectivity index (χ2v) is 15.3. The van der Waals surface area contributed by atoms with Crippen LogP contribution in [0.3, 0.4) is 0 Å². The van der Waals surface area contributed by atoms with E-state index in [4.69, 9.17) is 0 Å². The zero-order valence-electron chi connectivity index (χ0n) is 34.5. The standard InChI is InChI=1S/C46H29N.C7H8.C3H6.C2H6/c1-47-43-25-23-28(26-38(43)44-36-17-4-2-12-30(36)31-13-3-5-18-37(31)45(44)47)29-22-24-35-34-16-8-11-21-41(34)46(42(35)27-29)39-19-9-6-14-32(39)33-15-7-10-20-40(33)46;1-7-5-3-2-4-6-7;1-3-2;1-2/h2-27H,1H3;2-5H,1,6H2;3H,1H2,2H3;1-2H3. The van der Waals surface area contributed by atoms with E-state index >= 15 is 0 Å². The van der Waals surface area contributed by atoms with Gasteiger partial charge in [0.25, 0.3) is 0 Å². The molecule has 0 fully saturated rings. The third-order valence-corrected chi connectivity index (χ3v) is 12.2. The van der Waals surface area contributed by atoms with Crippen molar-refractivity contribution < 1.29 is 0 Å². The fourth-order valence-corrected chi connectivity index (χ4v) is 9.90. The second-order valence-electron chi connectivity index (χ2n) is 15.3. The van der Waals surface area contributed by atoms with Crippen molar-refractivity contribution in [2.75, 3.05) is 0 Å². The molecule has 1 heteroatoms. The van der Waals surface area contributed by atoms with E-state index in [-0.39, 0.29) is 5.41 Å². The van der Waals surface area contributed by atoms with Crippen LogP contribution in [0.25, 0.3) is 76.7 Å². The Balaban J connectivity index is 0.000000331. The Morgan fingerprint density at radius 1 is 0.525 bits per heavy atom. The lowest BCUT2D eigenvalue weighted by atomic mass is 9.70. The molecule has 0 saturated carbocycles. The molecule has 286 valence electrons. The van der Waals surface area contributed by atoms with Crippen LogP contribution < -0.4 is 0 Å². The molecule has 1 heterocycles. The molecule has 1 aromatic heterocycles. The summed E-state index contributed by atoms with van der Waals surface area (Å²) in [6, 6.07) is 59.2. The summed E-state index contributed by atoms with van der Waals surface area (Å²) >= 11 is 0. The van der Waals surface area contributed by atoms with Gasteiger partial charge in [0.2, 0.25) is 0 Å². The van der Waals surface area contributed by atoms with Gasteiger partial charge in [-0.3, -0.25) is 0 Å². The number of rotatable bonds is 1. The van der Waals surface area contributed by atoms with Crippen molar-refractivity contribution >= 4 is 43.4 Å². The van der Waals surface area contributed by atoms with E-state index in [0.717, 1.165) is 6.42 Å². The number of hydrogen-bond donors (Lipinski definition) is 0. The molecule has 0 saturated heterocycles. The maximum atomic E-state index is 3.78. The SMILES string of the molecule is C=C1C=CC=CC1.C=CC.CC.Cn1c2ccc(-c3ccc4c(c3)C3(c5ccccc5-c5ccccc53)c3ccccc3-4)cc2c2c3ccccc3c3ccccc3c21. The molecule has 8 aromatic carbocycles. The molecule has 0 radical (unpaired) electrons. The number of aryl methyl sites for hydroxylation is 1. The Kier molecular flexibility index (Phi) is 9.83. The Bertz CT molecular complexity index is 3100. The van der Waals surface area contributed by atoms with E-state index < -0.39 is 0 Å². The van der Waals surface area contributed by atoms with Gasteiger partial charge in [-0.25, -0.2) is 0 Å². The molecule has 0 atom stereocenters. The number of nitrogens with zero attached hydrogens (tertiary/aromatic N) is 1. The molecule has 1 spiro atoms. The first-order valence-corrected chi connectivity index (χ1v) is 20.9. The summed E-state index contributed by atoms with van der Waals surface area (Å²) in [4.78, 5) is 0. The Hall–Kier alpha value is -6.96. The minimum absolute atomic E-state index is 0.339. The summed E-state index contributed by atoms with van der Waals surface area (Å²) in [5.41, 5.74) is 16.8. The van der Waals surface area contributed by atoms with Crippen molar-refractivity contribution in [1.82, 2.24) is 4.57 Å². The number of benzene rings is 8. The highest BCUT2D eigenvalue weighted by Gasteiger charge is 2.51. The van der Waals surface area contributed by atoms with E-state index in [1.54, 1.807) is 6.08 Å². The zero-order valence-corrected chi connectivity index (χ0v) is 34.5. The van der Waals surface area contributed by atoms with E-state index in [2.05, 4.69) is 189 Å². The monoisotopic (exact) mass is 759 g/mol. The van der Waals surface area contributed by atoms with Crippen LogP contribution in [0.1, 0.15) is 49.4 Å². The Morgan fingerprint density at radius 3 is 1.54 bits per heavy atom. The average Bonchev–Trinajstić information content (AvgIpc) is 3.89. The fraction of sp³-hybridized carbons (Fsp3) is 0.103. The van der Waals surface area contributed by atoms with Gasteiger partial charge >= 0.3 is 0 Å². The molecule has 3 aliphatic rings. The van der Waals surface area contributed by atoms with Crippen molar-refractivity contribution in [2.24, 2.45) is 7.05 Å². The third-order valence-electron chi connectivity index (χ3n) is 12.2. The summed E-state index contributed by atoms with van der Waals surface area (Å²) in [5, 5.41) is 7.87. The zero-order chi connectivity index (χ0) is 40.7. The van der Waals surface area contributed by atoms with Gasteiger partial charge in [-0.15, -0.1) is 6.58 Å². The maximum absolute atomic E-state index is 3.78. The van der Waals surface area contributed by atoms with Crippen LogP contribution in [0.5, 0.6) is 0 Å². The van der Waals surface area contributed by atoms with Gasteiger partial charge in [0, 0.05) is 28.7 Å². The molecule has 0 N–H and O–H groups in total. The predicted molar refractivity (Wildman–Crippen MR) is 256 cm³/mol. The van der Waals surface area contributed by atoms with Crippen LogP contribution in [0.15, 0.2) is 207 Å². The number of aromatic nitrogens is 1. The van der Waals surface area contributed by atoms with Crippen LogP contribution >= 0.6 is 0 Å². The summed E-state index contributed by atoms with van der Waals surface area (Å²) < 4.78 is 2.39. The number of fused-ring (bicyclic) bond motifs is 18. The first-order chi connectivity index (χ1) is 29.1. The summed E-state index contributed by atoms with van der Waals surface area (Å²) in [5.74, 6) is 0. The van der Waals surface area contributed by atoms with Gasteiger partial charge < -0.3 is 4.57 Å². The van der Waals surface area contributed by atoms with Crippen LogP contribution in [0.4, 0.5) is 0 Å². The van der Waals surface area contributed by atoms with Gasteiger partial charge in [0.15, 0.2) is 0 Å². The van der Waals surface area contributed by atoms with Gasteiger partial charge in [-0.1, -0.05) is 196 Å². The minimum Gasteiger partial charge on any atom is -0.343 e. The quantitative estimate of drug-likeness (QED) is 0.116. The smallest absolute Gasteiger partial charge is 0.0725 e. The molecule has 59 heavy (non-hydrogen) atoms. The van der Waals surface area contributed by atoms with Crippen LogP contribution in [-0.2, 0) is 12.5 Å². The van der Waals surface area contributed by atoms with Crippen molar-refractivity contribution in [3.05, 3.63) is 229 Å². The number of allylic oxidation sites excluding steroid dienone is 6. The number of hydrogen-bond acceptors (Lipinski definition) is 0. The fourth-order valence-electron chi connectivity index (χ4n) is 9.90. The molecule has 0 bridgehead atoms. The largest absolute Gasteiger partial charge is 0.343 e. The lowest BCUT2D eigenvalue weighted by Gasteiger charge is -2.30. The first-order valence-electron chi connectivity index (χ1n) is 20.9. The summed E-state index contributed by atoms with van der Waals surface area (Å²) in [6.45, 7) is 13.0. The molecular formula is C58H49N. The minimum atomic E-state index is -0.339. The second kappa shape index (κ2) is 15.4. The van der Waals surface area contributed by atoms with Crippen molar-refractivity contribution in [3.8, 4) is 33.4 Å². The van der Waals surface area contributed by atoms with Crippen molar-refractivity contribution in [3.63, 3.8) is 0 Å². The Morgan fingerprint density at radius 2 is 1.00 bits per heavy atom. The van der Waals surface area contributed by atoms with Crippen LogP contribution in [0, 0.1) is 0 Å². The molecule has 0 amide bonds. The normalized spacial score (nSPS) is 13.5. The van der Waals surface area contributed by atoms with Crippen molar-refractivity contribution in [1.29, 1.82) is 0 Å². The van der Waals surface area contributed by atoms with Gasteiger partial charge in [0.1, 0.15) is 0 Å². The van der Waals surface area contributed by atoms with E-state index in [1.807, 2.05) is 39.0 Å². The lowest BCUT2D eigenvalue weighted by molar-refractivity contribution is 0.794. The van der Waals surface area contributed by atoms with Crippen LogP contribution in [0.2, 0.25) is 0 Å². The van der Waals surface area contributed by atoms with E-state index in [0.29, 0.717) is 0 Å². The van der Waals surface area contributed by atoms with Gasteiger partial charge in [0.05, 0.1) is 10.9 Å². The Labute approximate surface area is 348 Å². The van der Waals surface area contributed by atoms with Crippen LogP contribution in [-0.4, -0.2) is 4.57 Å². The highest BCUT2D eigenvalue weighted by Crippen LogP contribution is 2.63. The highest BCUT2D eigenvalue weighted by molar-refractivity contribution is 6.31. The molecule has 3 aliphatic carbocycles. The lowest BCUT2D eigenvalue weighted by Crippen LogP contribution is -2.25. The highest BCUT2D eigenvalue weighted by atomic mass is 14.9. The molecule has 1 nitrogen and oxygen atoms in total. The van der Waals surface area contributed by atoms with Crippen molar-refractivity contribution in [2.45, 2.75) is 32.6 Å². The van der Waals surface area contributed by atoms with E-state index in [9.17, 15) is 0 Å². The van der Waals surface area contributed by atoms with E-state index in [1.165, 1.54) is 105 Å². The summed E-state index contributed by atoms with van der Waals surface area (Å²) in [7, 11) is 2.22. The molecular weight excluding hydrogens is 711 g/mol. The average molecular weight is 760 g/mol.